The third-order valence-electron chi connectivity index (χ3n) is 3.56. The Balaban J connectivity index is 1.87. The van der Waals surface area contributed by atoms with Crippen LogP contribution in [0.5, 0.6) is 0 Å². The first kappa shape index (κ1) is 19.2. The molecule has 0 aliphatic heterocycles. The molecule has 2 aromatic carbocycles. The van der Waals surface area contributed by atoms with Gasteiger partial charge in [0.1, 0.15) is 5.82 Å². The molecule has 0 fully saturated rings. The highest BCUT2D eigenvalue weighted by atomic mass is 35.5. The van der Waals surface area contributed by atoms with Crippen LogP contribution in [-0.2, 0) is 6.18 Å². The molecule has 1 heterocycles. The Labute approximate surface area is 161 Å². The molecule has 3 rings (SSSR count). The van der Waals surface area contributed by atoms with Crippen molar-refractivity contribution in [2.24, 2.45) is 0 Å². The fraction of sp³-hybridized carbons (Fsp3) is 0.118. The molecule has 0 saturated heterocycles. The number of alkyl halides is 3. The molecule has 0 atom stereocenters. The lowest BCUT2D eigenvalue weighted by Crippen LogP contribution is -2.15. The van der Waals surface area contributed by atoms with E-state index in [9.17, 15) is 18.0 Å². The summed E-state index contributed by atoms with van der Waals surface area (Å²) in [5.74, 6) is -0.592. The Kier molecular flexibility index (Phi) is 5.12. The molecule has 0 aliphatic carbocycles. The molecule has 1 N–H and O–H groups in total. The highest BCUT2D eigenvalue weighted by Crippen LogP contribution is 2.30. The molecular weight excluding hydrogens is 404 g/mol. The molecule has 3 aromatic rings. The normalized spacial score (nSPS) is 11.5. The van der Waals surface area contributed by atoms with Gasteiger partial charge in [0.2, 0.25) is 5.82 Å². The smallest absolute Gasteiger partial charge is 0.319 e. The Morgan fingerprint density at radius 3 is 2.56 bits per heavy atom. The summed E-state index contributed by atoms with van der Waals surface area (Å²) in [6.45, 7) is 1.61. The van der Waals surface area contributed by atoms with E-state index in [0.29, 0.717) is 21.6 Å². The molecule has 1 aromatic heterocycles. The third kappa shape index (κ3) is 4.23. The van der Waals surface area contributed by atoms with E-state index in [-0.39, 0.29) is 11.5 Å². The number of carbonyl (C=O) groups is 1. The third-order valence-corrected chi connectivity index (χ3v) is 4.10. The average Bonchev–Trinajstić information content (AvgIpc) is 2.96. The predicted molar refractivity (Wildman–Crippen MR) is 95.5 cm³/mol. The summed E-state index contributed by atoms with van der Waals surface area (Å²) >= 11 is 12.0. The number of aryl methyl sites for hydroxylation is 1. The van der Waals surface area contributed by atoms with Gasteiger partial charge in [-0.2, -0.15) is 13.2 Å². The number of hydrogen-bond acceptors (Lipinski definition) is 3. The van der Waals surface area contributed by atoms with E-state index in [0.717, 1.165) is 12.1 Å². The zero-order valence-electron chi connectivity index (χ0n) is 13.7. The van der Waals surface area contributed by atoms with Crippen LogP contribution < -0.4 is 5.32 Å². The first-order chi connectivity index (χ1) is 12.6. The van der Waals surface area contributed by atoms with E-state index >= 15 is 0 Å². The molecule has 0 aliphatic rings. The lowest BCUT2D eigenvalue weighted by atomic mass is 10.2. The van der Waals surface area contributed by atoms with Gasteiger partial charge in [0.25, 0.3) is 5.91 Å². The van der Waals surface area contributed by atoms with Crippen LogP contribution in [0.4, 0.5) is 18.9 Å². The molecule has 1 amide bonds. The van der Waals surface area contributed by atoms with Crippen molar-refractivity contribution in [2.75, 3.05) is 5.32 Å². The maximum absolute atomic E-state index is 12.8. The van der Waals surface area contributed by atoms with Crippen LogP contribution in [0.3, 0.4) is 0 Å². The van der Waals surface area contributed by atoms with E-state index in [1.54, 1.807) is 19.1 Å². The second-order valence-corrected chi connectivity index (χ2v) is 6.37. The molecule has 5 nitrogen and oxygen atoms in total. The van der Waals surface area contributed by atoms with Gasteiger partial charge in [0.15, 0.2) is 0 Å². The van der Waals surface area contributed by atoms with Crippen LogP contribution in [0.2, 0.25) is 10.0 Å². The van der Waals surface area contributed by atoms with Crippen molar-refractivity contribution in [3.63, 3.8) is 0 Å². The summed E-state index contributed by atoms with van der Waals surface area (Å²) in [5, 5.41) is 7.18. The fourth-order valence-corrected chi connectivity index (χ4v) is 2.82. The van der Waals surface area contributed by atoms with Crippen LogP contribution in [0.25, 0.3) is 5.69 Å². The highest BCUT2D eigenvalue weighted by molar-refractivity contribution is 6.35. The highest BCUT2D eigenvalue weighted by Gasteiger charge is 2.30. The van der Waals surface area contributed by atoms with Crippen molar-refractivity contribution < 1.29 is 18.0 Å². The molecule has 0 saturated carbocycles. The van der Waals surface area contributed by atoms with Crippen molar-refractivity contribution in [1.82, 2.24) is 14.8 Å². The van der Waals surface area contributed by atoms with Crippen molar-refractivity contribution in [3.8, 4) is 5.69 Å². The summed E-state index contributed by atoms with van der Waals surface area (Å²) in [6.07, 6.45) is -4.51. The molecule has 10 heteroatoms. The van der Waals surface area contributed by atoms with Gasteiger partial charge in [-0.3, -0.25) is 4.79 Å². The van der Waals surface area contributed by atoms with Gasteiger partial charge >= 0.3 is 6.18 Å². The number of nitrogens with one attached hydrogen (secondary N) is 1. The number of aromatic nitrogens is 3. The Hall–Kier alpha value is -2.58. The molecule has 0 radical (unpaired) electrons. The van der Waals surface area contributed by atoms with Gasteiger partial charge in [-0.15, -0.1) is 5.10 Å². The largest absolute Gasteiger partial charge is 0.416 e. The minimum atomic E-state index is -4.51. The summed E-state index contributed by atoms with van der Waals surface area (Å²) in [7, 11) is 0. The summed E-state index contributed by atoms with van der Waals surface area (Å²) in [5.41, 5.74) is -0.430. The number of anilines is 1. The number of amides is 1. The number of halogens is 5. The van der Waals surface area contributed by atoms with Crippen molar-refractivity contribution in [1.29, 1.82) is 0 Å². The van der Waals surface area contributed by atoms with Gasteiger partial charge in [-0.05, 0) is 43.3 Å². The summed E-state index contributed by atoms with van der Waals surface area (Å²) in [4.78, 5) is 16.4. The van der Waals surface area contributed by atoms with E-state index in [4.69, 9.17) is 23.2 Å². The SMILES string of the molecule is Cc1nc(C(=O)Nc2cccc(C(F)(F)F)c2)nn1-c1ccc(Cl)cc1Cl. The molecule has 0 bridgehead atoms. The second kappa shape index (κ2) is 7.21. The number of hydrogen-bond donors (Lipinski definition) is 1. The Morgan fingerprint density at radius 1 is 1.15 bits per heavy atom. The number of carbonyl (C=O) groups excluding carboxylic acids is 1. The van der Waals surface area contributed by atoms with Gasteiger partial charge < -0.3 is 5.32 Å². The molecular formula is C17H11Cl2F3N4O. The molecule has 27 heavy (non-hydrogen) atoms. The standard InChI is InChI=1S/C17H11Cl2F3N4O/c1-9-23-15(25-26(9)14-6-5-11(18)8-13(14)19)16(27)24-12-4-2-3-10(7-12)17(20,21)22/h2-8H,1H3,(H,24,27). The zero-order valence-corrected chi connectivity index (χ0v) is 15.2. The van der Waals surface area contributed by atoms with Crippen LogP contribution in [0, 0.1) is 6.92 Å². The maximum Gasteiger partial charge on any atom is 0.416 e. The Bertz CT molecular complexity index is 1020. The topological polar surface area (TPSA) is 59.8 Å². The first-order valence-electron chi connectivity index (χ1n) is 7.53. The maximum atomic E-state index is 12.8. The van der Waals surface area contributed by atoms with Crippen LogP contribution in [-0.4, -0.2) is 20.7 Å². The van der Waals surface area contributed by atoms with Gasteiger partial charge in [-0.1, -0.05) is 29.3 Å². The van der Waals surface area contributed by atoms with E-state index in [1.165, 1.54) is 22.9 Å². The summed E-state index contributed by atoms with van der Waals surface area (Å²) < 4.78 is 39.7. The zero-order chi connectivity index (χ0) is 19.8. The van der Waals surface area contributed by atoms with Crippen LogP contribution >= 0.6 is 23.2 Å². The first-order valence-corrected chi connectivity index (χ1v) is 8.28. The minimum Gasteiger partial charge on any atom is -0.319 e. The van der Waals surface area contributed by atoms with E-state index < -0.39 is 17.6 Å². The lowest BCUT2D eigenvalue weighted by Gasteiger charge is -2.09. The average molecular weight is 415 g/mol. The number of rotatable bonds is 3. The van der Waals surface area contributed by atoms with Crippen LogP contribution in [0.1, 0.15) is 22.0 Å². The lowest BCUT2D eigenvalue weighted by molar-refractivity contribution is -0.137. The van der Waals surface area contributed by atoms with Crippen molar-refractivity contribution in [2.45, 2.75) is 13.1 Å². The summed E-state index contributed by atoms with van der Waals surface area (Å²) in [6, 6.07) is 9.01. The molecule has 140 valence electrons. The van der Waals surface area contributed by atoms with Crippen LogP contribution in [0.15, 0.2) is 42.5 Å². The van der Waals surface area contributed by atoms with E-state index in [1.807, 2.05) is 0 Å². The van der Waals surface area contributed by atoms with Gasteiger partial charge in [0, 0.05) is 10.7 Å². The minimum absolute atomic E-state index is 0.0200. The monoisotopic (exact) mass is 414 g/mol. The van der Waals surface area contributed by atoms with E-state index in [2.05, 4.69) is 15.4 Å². The van der Waals surface area contributed by atoms with Gasteiger partial charge in [0.05, 0.1) is 16.3 Å². The Morgan fingerprint density at radius 2 is 1.89 bits per heavy atom. The van der Waals surface area contributed by atoms with Crippen molar-refractivity contribution in [3.05, 3.63) is 69.7 Å². The molecule has 0 spiro atoms. The predicted octanol–water partition coefficient (Wildman–Crippen LogP) is 5.15. The van der Waals surface area contributed by atoms with Gasteiger partial charge in [-0.25, -0.2) is 9.67 Å². The number of nitrogens with zero attached hydrogens (tertiary/aromatic N) is 3. The van der Waals surface area contributed by atoms with Crippen molar-refractivity contribution >= 4 is 34.8 Å². The number of benzene rings is 2. The molecule has 0 unspecified atom stereocenters. The second-order valence-electron chi connectivity index (χ2n) is 5.52. The quantitative estimate of drug-likeness (QED) is 0.644. The fourth-order valence-electron chi connectivity index (χ4n) is 2.33.